The number of carbonyl (C=O) groups excluding carboxylic acids is 4. The molecule has 6 heterocycles. The topological polar surface area (TPSA) is 250 Å². The van der Waals surface area contributed by atoms with E-state index in [9.17, 15) is 45.5 Å². The standard InChI is InChI=1S/C32H34F4N10O2S2.C12H14F2N2O2.C8H8BrNO2/c33-31(34)13-21(14-31)39-23-8-2-6-19(37-23)11-25(47)41-29-45-43-27(49-29)17-4-1-5-18(10-17)28-44-46-30(50-28)42-26(48)12-20-7-3-9-24(38-20)40-22-15-32(35,36)16-22;1-18-11(17)5-8-3-2-4-10(15-8)16-9-6-12(13,14)7-9;1-12-8(11)5-6-3-2-4-7(9)10-6/h2-3,6-9,17-18,21-22H,1,4-5,10-16H2,(H,37,39)(H,38,40)(H,41,45,47)(H,42,46,48);2-4,9H,5-7H2,1H3,(H,15,16);2-4H,5H2,1H3/t17-,18-;;/m0../s1. The van der Waals surface area contributed by atoms with Gasteiger partial charge >= 0.3 is 11.9 Å². The molecule has 0 unspecified atom stereocenters. The summed E-state index contributed by atoms with van der Waals surface area (Å²) in [7, 11) is 2.67. The van der Waals surface area contributed by atoms with E-state index in [-0.39, 0.29) is 118 Å². The number of hydrogen-bond acceptors (Lipinski definition) is 19. The number of esters is 2. The lowest BCUT2D eigenvalue weighted by Gasteiger charge is -2.35. The van der Waals surface area contributed by atoms with Crippen LogP contribution in [0.4, 0.5) is 54.1 Å². The first-order valence-electron chi connectivity index (χ1n) is 25.5. The number of methoxy groups -OCH3 is 2. The first-order valence-corrected chi connectivity index (χ1v) is 27.9. The van der Waals surface area contributed by atoms with Gasteiger partial charge in [-0.05, 0) is 83.7 Å². The Morgan fingerprint density at radius 3 is 1.23 bits per heavy atom. The molecule has 4 aliphatic carbocycles. The highest BCUT2D eigenvalue weighted by Gasteiger charge is 2.47. The van der Waals surface area contributed by atoms with Gasteiger partial charge in [-0.15, -0.1) is 20.4 Å². The average molecular weight is 1220 g/mol. The van der Waals surface area contributed by atoms with Crippen LogP contribution in [-0.4, -0.2) is 114 Å². The van der Waals surface area contributed by atoms with E-state index in [4.69, 9.17) is 0 Å². The summed E-state index contributed by atoms with van der Waals surface area (Å²) in [6.45, 7) is 0. The van der Waals surface area contributed by atoms with Crippen molar-refractivity contribution in [2.45, 2.75) is 138 Å². The van der Waals surface area contributed by atoms with Crippen molar-refractivity contribution >= 4 is 90.1 Å². The van der Waals surface area contributed by atoms with Crippen LogP contribution in [0, 0.1) is 0 Å². The van der Waals surface area contributed by atoms with Gasteiger partial charge in [0.25, 0.3) is 17.8 Å². The number of pyridine rings is 4. The maximum absolute atomic E-state index is 13.2. The molecule has 426 valence electrons. The Kier molecular flexibility index (Phi) is 19.6. The van der Waals surface area contributed by atoms with Gasteiger partial charge in [-0.25, -0.2) is 46.3 Å². The van der Waals surface area contributed by atoms with Crippen molar-refractivity contribution in [2.75, 3.05) is 40.8 Å². The van der Waals surface area contributed by atoms with Crippen molar-refractivity contribution < 1.29 is 55.0 Å². The highest BCUT2D eigenvalue weighted by molar-refractivity contribution is 9.10. The van der Waals surface area contributed by atoms with Gasteiger partial charge in [-0.1, -0.05) is 53.4 Å². The Morgan fingerprint density at radius 1 is 0.525 bits per heavy atom. The Balaban J connectivity index is 0.000000227. The molecule has 0 bridgehead atoms. The number of nitrogens with zero attached hydrogens (tertiary/aromatic N) is 8. The fourth-order valence-corrected chi connectivity index (χ4v) is 11.3. The van der Waals surface area contributed by atoms with E-state index in [1.807, 2.05) is 6.07 Å². The smallest absolute Gasteiger partial charge is 0.311 e. The summed E-state index contributed by atoms with van der Waals surface area (Å²) in [4.78, 5) is 64.4. The van der Waals surface area contributed by atoms with Crippen molar-refractivity contribution in [1.29, 1.82) is 0 Å². The fourth-order valence-electron chi connectivity index (χ4n) is 9.08. The van der Waals surface area contributed by atoms with Crippen LogP contribution in [0.5, 0.6) is 0 Å². The first kappa shape index (κ1) is 59.2. The molecule has 2 amide bonds. The minimum atomic E-state index is -2.63. The molecule has 4 aliphatic rings. The summed E-state index contributed by atoms with van der Waals surface area (Å²) in [6.07, 6.45) is 2.58. The number of carbonyl (C=O) groups is 4. The Bertz CT molecular complexity index is 2970. The molecule has 80 heavy (non-hydrogen) atoms. The summed E-state index contributed by atoms with van der Waals surface area (Å²) in [5.41, 5.74) is 2.27. The van der Waals surface area contributed by atoms with Crippen molar-refractivity contribution in [3.05, 3.63) is 110 Å². The molecule has 0 aromatic carbocycles. The molecule has 0 saturated heterocycles. The molecule has 0 aliphatic heterocycles. The molecule has 0 spiro atoms. The zero-order chi connectivity index (χ0) is 57.0. The molecule has 2 atom stereocenters. The van der Waals surface area contributed by atoms with Crippen molar-refractivity contribution in [2.24, 2.45) is 0 Å². The van der Waals surface area contributed by atoms with Crippen molar-refractivity contribution in [3.63, 3.8) is 0 Å². The minimum Gasteiger partial charge on any atom is -0.469 e. The van der Waals surface area contributed by atoms with Crippen LogP contribution in [0.2, 0.25) is 0 Å². The summed E-state index contributed by atoms with van der Waals surface area (Å²) in [5, 5.41) is 34.0. The van der Waals surface area contributed by atoms with Gasteiger partial charge in [0.15, 0.2) is 0 Å². The molecule has 19 nitrogen and oxygen atoms in total. The van der Waals surface area contributed by atoms with Gasteiger partial charge in [-0.2, -0.15) is 0 Å². The number of nitrogens with one attached hydrogen (secondary N) is 5. The van der Waals surface area contributed by atoms with Crippen LogP contribution < -0.4 is 26.6 Å². The lowest BCUT2D eigenvalue weighted by Crippen LogP contribution is -2.44. The van der Waals surface area contributed by atoms with Crippen LogP contribution in [0.25, 0.3) is 0 Å². The highest BCUT2D eigenvalue weighted by atomic mass is 79.9. The third-order valence-electron chi connectivity index (χ3n) is 13.1. The average Bonchev–Trinajstić information content (AvgIpc) is 4.07. The van der Waals surface area contributed by atoms with E-state index in [0.29, 0.717) is 50.5 Å². The van der Waals surface area contributed by atoms with Crippen molar-refractivity contribution in [1.82, 2.24) is 40.3 Å². The van der Waals surface area contributed by atoms with Crippen molar-refractivity contribution in [3.8, 4) is 0 Å². The predicted molar refractivity (Wildman–Crippen MR) is 289 cm³/mol. The van der Waals surface area contributed by atoms with Crippen LogP contribution in [0.15, 0.2) is 77.4 Å². The summed E-state index contributed by atoms with van der Waals surface area (Å²) in [6, 6.07) is 19.9. The van der Waals surface area contributed by atoms with Crippen LogP contribution in [-0.2, 0) is 54.3 Å². The largest absolute Gasteiger partial charge is 0.469 e. The van der Waals surface area contributed by atoms with Crippen LogP contribution in [0.1, 0.15) is 109 Å². The van der Waals surface area contributed by atoms with Gasteiger partial charge in [0, 0.05) is 68.5 Å². The molecule has 6 aromatic heterocycles. The second kappa shape index (κ2) is 26.6. The van der Waals surface area contributed by atoms with Gasteiger partial charge < -0.3 is 36.1 Å². The Labute approximate surface area is 471 Å². The van der Waals surface area contributed by atoms with Gasteiger partial charge in [0.05, 0.1) is 62.7 Å². The molecule has 28 heteroatoms. The van der Waals surface area contributed by atoms with E-state index < -0.39 is 17.8 Å². The minimum absolute atomic E-state index is 0.00302. The molecule has 0 radical (unpaired) electrons. The quantitative estimate of drug-likeness (QED) is 0.0305. The zero-order valence-corrected chi connectivity index (χ0v) is 46.4. The lowest BCUT2D eigenvalue weighted by molar-refractivity contribution is -0.140. The molecular weight excluding hydrogens is 1160 g/mol. The number of amides is 2. The van der Waals surface area contributed by atoms with Gasteiger partial charge in [-0.3, -0.25) is 19.2 Å². The summed E-state index contributed by atoms with van der Waals surface area (Å²) >= 11 is 5.87. The SMILES string of the molecule is COC(=O)Cc1cccc(Br)n1.COC(=O)Cc1cccc(NC2CC(F)(F)C2)n1.O=C(Cc1cccc(NC2CC(F)(F)C2)n1)Nc1nnc([C@H]2CCC[C@H](c3nnc(NC(=O)Cc4cccc(NC5CC(F)(F)C5)n4)s3)C2)s1. The maximum atomic E-state index is 13.2. The van der Waals surface area contributed by atoms with Crippen LogP contribution in [0.3, 0.4) is 0 Å². The first-order chi connectivity index (χ1) is 38.1. The molecule has 4 fully saturated rings. The molecular formula is C52H56BrF6N13O6S2. The predicted octanol–water partition coefficient (Wildman–Crippen LogP) is 9.97. The zero-order valence-electron chi connectivity index (χ0n) is 43.2. The number of hydrogen-bond donors (Lipinski definition) is 5. The maximum Gasteiger partial charge on any atom is 0.311 e. The number of anilines is 5. The van der Waals surface area contributed by atoms with E-state index >= 15 is 0 Å². The van der Waals surface area contributed by atoms with Crippen LogP contribution >= 0.6 is 38.6 Å². The highest BCUT2D eigenvalue weighted by Crippen LogP contribution is 2.44. The fraction of sp³-hybridized carbons (Fsp3) is 0.462. The number of rotatable bonds is 18. The number of ether oxygens (including phenoxy) is 2. The molecule has 4 saturated carbocycles. The number of alkyl halides is 6. The van der Waals surface area contributed by atoms with E-state index in [0.717, 1.165) is 40.3 Å². The summed E-state index contributed by atoms with van der Waals surface area (Å²) in [5.74, 6) is -7.41. The van der Waals surface area contributed by atoms with E-state index in [2.05, 4.69) is 92.3 Å². The molecule has 10 rings (SSSR count). The number of halogens is 7. The van der Waals surface area contributed by atoms with E-state index in [1.165, 1.54) is 36.9 Å². The molecule has 6 aromatic rings. The van der Waals surface area contributed by atoms with Gasteiger partial charge in [0.1, 0.15) is 32.1 Å². The third-order valence-corrected chi connectivity index (χ3v) is 15.5. The Hall–Kier alpha value is -6.94. The normalized spacial score (nSPS) is 18.9. The lowest BCUT2D eigenvalue weighted by atomic mass is 9.82. The third kappa shape index (κ3) is 18.0. The Morgan fingerprint density at radius 2 is 0.875 bits per heavy atom. The molecule has 5 N–H and O–H groups in total. The summed E-state index contributed by atoms with van der Waals surface area (Å²) < 4.78 is 87.7. The number of aromatic nitrogens is 8. The van der Waals surface area contributed by atoms with Gasteiger partial charge in [0.2, 0.25) is 22.1 Å². The van der Waals surface area contributed by atoms with E-state index in [1.54, 1.807) is 66.7 Å². The second-order valence-corrected chi connectivity index (χ2v) is 22.5. The second-order valence-electron chi connectivity index (χ2n) is 19.7. The monoisotopic (exact) mass is 1220 g/mol.